The Bertz CT molecular complexity index is 1250. The van der Waals surface area contributed by atoms with E-state index in [-0.39, 0.29) is 12.2 Å². The molecule has 9 heteroatoms. The molecule has 3 aliphatic rings. The van der Waals surface area contributed by atoms with E-state index >= 15 is 0 Å². The third-order valence-electron chi connectivity index (χ3n) is 6.69. The van der Waals surface area contributed by atoms with Gasteiger partial charge in [-0.25, -0.2) is 18.6 Å². The van der Waals surface area contributed by atoms with Crippen molar-refractivity contribution in [2.45, 2.75) is 36.1 Å². The van der Waals surface area contributed by atoms with E-state index in [9.17, 15) is 0 Å². The van der Waals surface area contributed by atoms with E-state index in [0.717, 1.165) is 71.8 Å². The number of anilines is 1. The van der Waals surface area contributed by atoms with Crippen LogP contribution in [0.4, 0.5) is 5.69 Å². The number of morpholine rings is 1. The van der Waals surface area contributed by atoms with Crippen LogP contribution in [0.1, 0.15) is 25.2 Å². The van der Waals surface area contributed by atoms with Crippen LogP contribution in [-0.4, -0.2) is 75.8 Å². The smallest absolute Gasteiger partial charge is 0.112 e. The topological polar surface area (TPSA) is 68.6 Å². The number of benzene rings is 1. The monoisotopic (exact) mass is 518 g/mol. The summed E-state index contributed by atoms with van der Waals surface area (Å²) < 4.78 is 10.5. The average molecular weight is 519 g/mol. The zero-order valence-corrected chi connectivity index (χ0v) is 22.2. The Balaban J connectivity index is 1.12. The number of nitrogens with zero attached hydrogens (tertiary/aromatic N) is 5. The van der Waals surface area contributed by atoms with Gasteiger partial charge in [-0.05, 0) is 74.1 Å². The molecule has 1 aliphatic carbocycles. The summed E-state index contributed by atoms with van der Waals surface area (Å²) in [5.74, 6) is 0. The normalized spacial score (nSPS) is 22.5. The minimum Gasteiger partial charge on any atom is -0.373 e. The molecule has 2 atom stereocenters. The summed E-state index contributed by atoms with van der Waals surface area (Å²) in [5.41, 5.74) is 5.18. The minimum absolute atomic E-state index is 0.208. The quantitative estimate of drug-likeness (QED) is 0.377. The predicted molar refractivity (Wildman–Crippen MR) is 147 cm³/mol. The summed E-state index contributed by atoms with van der Waals surface area (Å²) in [4.78, 5) is 12.2. The first-order valence-corrected chi connectivity index (χ1v) is 14.0. The SMILES string of the molecule is C[C@@H]1CN(Sc2ccc3c(n2)C(=N)c2nc(SN4CCN(c5ccccc5)CC4)ccc2-3)C[C@H](C)O1. The first-order chi connectivity index (χ1) is 17.5. The molecule has 4 heterocycles. The maximum Gasteiger partial charge on any atom is 0.112 e. The fraction of sp³-hybridized carbons (Fsp3) is 0.370. The van der Waals surface area contributed by atoms with Crippen LogP contribution >= 0.6 is 23.9 Å². The molecule has 186 valence electrons. The van der Waals surface area contributed by atoms with Gasteiger partial charge >= 0.3 is 0 Å². The lowest BCUT2D eigenvalue weighted by Crippen LogP contribution is -2.43. The highest BCUT2D eigenvalue weighted by molar-refractivity contribution is 7.97. The molecule has 0 spiro atoms. The highest BCUT2D eigenvalue weighted by Crippen LogP contribution is 2.38. The Morgan fingerprint density at radius 3 is 1.89 bits per heavy atom. The van der Waals surface area contributed by atoms with Gasteiger partial charge in [0.25, 0.3) is 0 Å². The number of piperazine rings is 1. The third kappa shape index (κ3) is 4.90. The summed E-state index contributed by atoms with van der Waals surface area (Å²) >= 11 is 3.35. The van der Waals surface area contributed by atoms with Crippen LogP contribution in [0.15, 0.2) is 64.6 Å². The second-order valence-corrected chi connectivity index (χ2v) is 11.7. The van der Waals surface area contributed by atoms with E-state index in [1.54, 1.807) is 23.9 Å². The van der Waals surface area contributed by atoms with Gasteiger partial charge in [0.1, 0.15) is 15.8 Å². The number of hydrogen-bond donors (Lipinski definition) is 1. The molecule has 0 amide bonds. The fourth-order valence-corrected chi connectivity index (χ4v) is 7.02. The fourth-order valence-electron chi connectivity index (χ4n) is 5.06. The first kappa shape index (κ1) is 23.9. The van der Waals surface area contributed by atoms with Crippen LogP contribution in [-0.2, 0) is 4.74 Å². The van der Waals surface area contributed by atoms with Crippen molar-refractivity contribution in [1.82, 2.24) is 18.6 Å². The summed E-state index contributed by atoms with van der Waals surface area (Å²) in [5, 5.41) is 10.7. The molecule has 0 unspecified atom stereocenters. The highest BCUT2D eigenvalue weighted by atomic mass is 32.2. The van der Waals surface area contributed by atoms with Crippen LogP contribution in [0, 0.1) is 5.41 Å². The summed E-state index contributed by atoms with van der Waals surface area (Å²) in [7, 11) is 0. The lowest BCUT2D eigenvalue weighted by atomic mass is 10.1. The van der Waals surface area contributed by atoms with E-state index in [1.165, 1.54) is 5.69 Å². The first-order valence-electron chi connectivity index (χ1n) is 12.5. The molecular formula is C27H30N6OS2. The van der Waals surface area contributed by atoms with Crippen molar-refractivity contribution in [3.8, 4) is 11.1 Å². The molecule has 2 saturated heterocycles. The second kappa shape index (κ2) is 10.1. The Morgan fingerprint density at radius 2 is 1.31 bits per heavy atom. The molecule has 36 heavy (non-hydrogen) atoms. The number of para-hydroxylation sites is 1. The molecule has 1 N–H and O–H groups in total. The molecule has 3 aromatic rings. The maximum absolute atomic E-state index is 8.83. The van der Waals surface area contributed by atoms with Crippen molar-refractivity contribution in [3.63, 3.8) is 0 Å². The molecule has 6 rings (SSSR count). The van der Waals surface area contributed by atoms with Crippen molar-refractivity contribution in [2.24, 2.45) is 0 Å². The third-order valence-corrected chi connectivity index (χ3v) is 8.70. The molecule has 2 aromatic heterocycles. The largest absolute Gasteiger partial charge is 0.373 e. The molecule has 1 aromatic carbocycles. The van der Waals surface area contributed by atoms with E-state index < -0.39 is 0 Å². The van der Waals surface area contributed by atoms with Gasteiger partial charge in [-0.3, -0.25) is 5.41 Å². The Labute approximate surface area is 221 Å². The van der Waals surface area contributed by atoms with E-state index in [2.05, 4.69) is 82.0 Å². The van der Waals surface area contributed by atoms with Crippen molar-refractivity contribution >= 4 is 35.3 Å². The molecular weight excluding hydrogens is 488 g/mol. The number of pyridine rings is 2. The van der Waals surface area contributed by atoms with Gasteiger partial charge in [-0.2, -0.15) is 0 Å². The second-order valence-electron chi connectivity index (χ2n) is 9.50. The van der Waals surface area contributed by atoms with E-state index in [1.807, 2.05) is 0 Å². The van der Waals surface area contributed by atoms with Gasteiger partial charge in [0.2, 0.25) is 0 Å². The standard InChI is InChI=1S/C27H30N6OS2/c1-18-16-33(17-19(2)34-18)36-24-11-9-22-21-8-10-23(29-26(21)25(28)27(22)30-24)35-32-14-12-31(13-15-32)20-6-4-3-5-7-20/h3-11,18-19,28H,12-17H2,1-2H3/t18-,19+. The van der Waals surface area contributed by atoms with Gasteiger partial charge in [0.15, 0.2) is 0 Å². The Morgan fingerprint density at radius 1 is 0.750 bits per heavy atom. The minimum atomic E-state index is 0.208. The number of rotatable bonds is 5. The number of nitrogens with one attached hydrogen (secondary N) is 1. The summed E-state index contributed by atoms with van der Waals surface area (Å²) in [6.45, 7) is 9.88. The molecule has 2 aliphatic heterocycles. The van der Waals surface area contributed by atoms with Crippen LogP contribution in [0.5, 0.6) is 0 Å². The lowest BCUT2D eigenvalue weighted by Gasteiger charge is -2.35. The zero-order chi connectivity index (χ0) is 24.6. The van der Waals surface area contributed by atoms with Gasteiger partial charge in [0.05, 0.1) is 23.6 Å². The average Bonchev–Trinajstić information content (AvgIpc) is 3.15. The van der Waals surface area contributed by atoms with Crippen LogP contribution in [0.25, 0.3) is 11.1 Å². The maximum atomic E-state index is 8.83. The lowest BCUT2D eigenvalue weighted by molar-refractivity contribution is -0.0414. The van der Waals surface area contributed by atoms with Gasteiger partial charge in [-0.1, -0.05) is 18.2 Å². The molecule has 7 nitrogen and oxygen atoms in total. The zero-order valence-electron chi connectivity index (χ0n) is 20.6. The molecule has 2 fully saturated rings. The number of fused-ring (bicyclic) bond motifs is 3. The number of hydrogen-bond acceptors (Lipinski definition) is 9. The molecule has 0 saturated carbocycles. The predicted octanol–water partition coefficient (Wildman–Crippen LogP) is 4.82. The van der Waals surface area contributed by atoms with E-state index in [4.69, 9.17) is 20.1 Å². The van der Waals surface area contributed by atoms with Crippen LogP contribution in [0.2, 0.25) is 0 Å². The van der Waals surface area contributed by atoms with Gasteiger partial charge < -0.3 is 9.64 Å². The summed E-state index contributed by atoms with van der Waals surface area (Å²) in [6, 6.07) is 18.9. The van der Waals surface area contributed by atoms with Gasteiger partial charge in [-0.15, -0.1) is 0 Å². The Hall–Kier alpha value is -2.43. The van der Waals surface area contributed by atoms with Crippen molar-refractivity contribution < 1.29 is 4.74 Å². The van der Waals surface area contributed by atoms with Crippen LogP contribution < -0.4 is 4.90 Å². The van der Waals surface area contributed by atoms with Crippen molar-refractivity contribution in [1.29, 1.82) is 5.41 Å². The Kier molecular flexibility index (Phi) is 6.74. The van der Waals surface area contributed by atoms with Crippen LogP contribution in [0.3, 0.4) is 0 Å². The molecule has 0 radical (unpaired) electrons. The van der Waals surface area contributed by atoms with Crippen molar-refractivity contribution in [2.75, 3.05) is 44.2 Å². The highest BCUT2D eigenvalue weighted by Gasteiger charge is 2.29. The summed E-state index contributed by atoms with van der Waals surface area (Å²) in [6.07, 6.45) is 0.416. The van der Waals surface area contributed by atoms with E-state index in [0.29, 0.717) is 5.71 Å². The van der Waals surface area contributed by atoms with Crippen molar-refractivity contribution in [3.05, 3.63) is 66.0 Å². The number of ether oxygens (including phenoxy) is 1. The molecule has 0 bridgehead atoms. The number of aromatic nitrogens is 2. The van der Waals surface area contributed by atoms with Gasteiger partial charge in [0, 0.05) is 56.1 Å².